The lowest BCUT2D eigenvalue weighted by Crippen LogP contribution is -2.18. The molecule has 0 unspecified atom stereocenters. The molecule has 0 aliphatic rings. The average Bonchev–Trinajstić information content (AvgIpc) is 2.68. The lowest BCUT2D eigenvalue weighted by atomic mass is 10.0. The smallest absolute Gasteiger partial charge is 0.387 e. The number of ether oxygens (including phenoxy) is 1. The third-order valence-corrected chi connectivity index (χ3v) is 4.14. The van der Waals surface area contributed by atoms with E-state index in [0.717, 1.165) is 11.1 Å². The van der Waals surface area contributed by atoms with E-state index < -0.39 is 6.61 Å². The molecule has 3 aromatic rings. The van der Waals surface area contributed by atoms with E-state index in [9.17, 15) is 8.78 Å². The predicted octanol–water partition coefficient (Wildman–Crippen LogP) is 5.20. The van der Waals surface area contributed by atoms with Crippen LogP contribution in [-0.2, 0) is 6.54 Å². The zero-order chi connectivity index (χ0) is 18.4. The van der Waals surface area contributed by atoms with Crippen molar-refractivity contribution in [2.24, 2.45) is 0 Å². The van der Waals surface area contributed by atoms with Crippen molar-refractivity contribution in [3.05, 3.63) is 84.2 Å². The first-order valence-corrected chi connectivity index (χ1v) is 8.40. The van der Waals surface area contributed by atoms with Gasteiger partial charge in [0.15, 0.2) is 0 Å². The summed E-state index contributed by atoms with van der Waals surface area (Å²) in [5, 5.41) is 3.45. The molecule has 5 heteroatoms. The zero-order valence-corrected chi connectivity index (χ0v) is 14.4. The number of hydrogen-bond acceptors (Lipinski definition) is 3. The summed E-state index contributed by atoms with van der Waals surface area (Å²) in [4.78, 5) is 4.07. The predicted molar refractivity (Wildman–Crippen MR) is 98.0 cm³/mol. The van der Waals surface area contributed by atoms with Crippen LogP contribution in [0.4, 0.5) is 8.78 Å². The topological polar surface area (TPSA) is 34.1 Å². The van der Waals surface area contributed by atoms with Gasteiger partial charge in [0, 0.05) is 36.1 Å². The molecule has 0 fully saturated rings. The van der Waals surface area contributed by atoms with Crippen LogP contribution in [0.3, 0.4) is 0 Å². The van der Waals surface area contributed by atoms with Crippen molar-refractivity contribution in [1.82, 2.24) is 10.3 Å². The van der Waals surface area contributed by atoms with Gasteiger partial charge in [-0.2, -0.15) is 8.78 Å². The van der Waals surface area contributed by atoms with Crippen molar-refractivity contribution >= 4 is 0 Å². The summed E-state index contributed by atoms with van der Waals surface area (Å²) in [7, 11) is 0. The molecule has 0 aliphatic heterocycles. The molecule has 1 N–H and O–H groups in total. The van der Waals surface area contributed by atoms with Crippen LogP contribution in [-0.4, -0.2) is 11.6 Å². The van der Waals surface area contributed by atoms with Gasteiger partial charge in [-0.3, -0.25) is 4.98 Å². The van der Waals surface area contributed by atoms with Crippen molar-refractivity contribution in [2.45, 2.75) is 26.1 Å². The molecule has 3 rings (SSSR count). The first-order valence-electron chi connectivity index (χ1n) is 8.40. The van der Waals surface area contributed by atoms with Gasteiger partial charge in [-0.05, 0) is 36.2 Å². The molecule has 26 heavy (non-hydrogen) atoms. The minimum absolute atomic E-state index is 0.146. The number of aromatic nitrogens is 1. The van der Waals surface area contributed by atoms with Crippen molar-refractivity contribution in [1.29, 1.82) is 0 Å². The van der Waals surface area contributed by atoms with Gasteiger partial charge in [0.2, 0.25) is 0 Å². The van der Waals surface area contributed by atoms with Crippen LogP contribution >= 0.6 is 0 Å². The molecule has 0 radical (unpaired) electrons. The molecule has 0 spiro atoms. The Morgan fingerprint density at radius 1 is 1.04 bits per heavy atom. The fraction of sp³-hybridized carbons (Fsp3) is 0.190. The van der Waals surface area contributed by atoms with Gasteiger partial charge in [-0.25, -0.2) is 0 Å². The lowest BCUT2D eigenvalue weighted by Gasteiger charge is -2.16. The molecule has 134 valence electrons. The first kappa shape index (κ1) is 18.0. The Labute approximate surface area is 151 Å². The van der Waals surface area contributed by atoms with Crippen molar-refractivity contribution in [3.63, 3.8) is 0 Å². The molecule has 0 saturated heterocycles. The summed E-state index contributed by atoms with van der Waals surface area (Å²) in [5.74, 6) is 0.146. The fourth-order valence-corrected chi connectivity index (χ4v) is 2.76. The van der Waals surface area contributed by atoms with Gasteiger partial charge in [0.05, 0.1) is 0 Å². The minimum Gasteiger partial charge on any atom is -0.434 e. The molecule has 2 aromatic carbocycles. The van der Waals surface area contributed by atoms with E-state index in [2.05, 4.69) is 34.1 Å². The Balaban J connectivity index is 1.80. The number of pyridine rings is 1. The van der Waals surface area contributed by atoms with E-state index in [1.165, 1.54) is 5.56 Å². The van der Waals surface area contributed by atoms with Crippen LogP contribution in [0.1, 0.15) is 24.1 Å². The number of benzene rings is 2. The minimum atomic E-state index is -2.87. The maximum absolute atomic E-state index is 12.7. The quantitative estimate of drug-likeness (QED) is 0.633. The van der Waals surface area contributed by atoms with E-state index >= 15 is 0 Å². The van der Waals surface area contributed by atoms with E-state index in [-0.39, 0.29) is 11.8 Å². The molecule has 1 atom stereocenters. The maximum atomic E-state index is 12.7. The van der Waals surface area contributed by atoms with Gasteiger partial charge >= 0.3 is 6.61 Å². The second-order valence-corrected chi connectivity index (χ2v) is 5.96. The van der Waals surface area contributed by atoms with Crippen LogP contribution in [0.2, 0.25) is 0 Å². The van der Waals surface area contributed by atoms with Crippen molar-refractivity contribution in [2.75, 3.05) is 0 Å². The summed E-state index contributed by atoms with van der Waals surface area (Å²) in [5.41, 5.74) is 3.51. The van der Waals surface area contributed by atoms with Gasteiger partial charge in [-0.15, -0.1) is 0 Å². The third kappa shape index (κ3) is 4.64. The molecule has 0 amide bonds. The first-order chi connectivity index (χ1) is 12.6. The van der Waals surface area contributed by atoms with E-state index in [1.54, 1.807) is 30.6 Å². The normalized spacial score (nSPS) is 12.2. The highest BCUT2D eigenvalue weighted by Gasteiger charge is 2.13. The summed E-state index contributed by atoms with van der Waals surface area (Å²) in [6.45, 7) is -0.170. The maximum Gasteiger partial charge on any atom is 0.387 e. The number of rotatable bonds is 7. The molecule has 0 bridgehead atoms. The molecular formula is C21H20F2N2O. The van der Waals surface area contributed by atoms with Crippen LogP contribution in [0.25, 0.3) is 11.1 Å². The number of hydrogen-bond donors (Lipinski definition) is 1. The molecule has 1 aromatic heterocycles. The van der Waals surface area contributed by atoms with Gasteiger partial charge < -0.3 is 10.1 Å². The second kappa shape index (κ2) is 8.54. The number of nitrogens with one attached hydrogen (secondary N) is 1. The zero-order valence-electron chi connectivity index (χ0n) is 14.4. The molecule has 1 heterocycles. The number of alkyl halides is 2. The summed E-state index contributed by atoms with van der Waals surface area (Å²) < 4.78 is 30.1. The number of halogens is 2. The van der Waals surface area contributed by atoms with Gasteiger partial charge in [0.25, 0.3) is 0 Å². The lowest BCUT2D eigenvalue weighted by molar-refractivity contribution is -0.0494. The van der Waals surface area contributed by atoms with E-state index in [4.69, 9.17) is 0 Å². The van der Waals surface area contributed by atoms with Crippen LogP contribution in [0.15, 0.2) is 73.1 Å². The third-order valence-electron chi connectivity index (χ3n) is 4.14. The fourth-order valence-electron chi connectivity index (χ4n) is 2.76. The van der Waals surface area contributed by atoms with E-state index in [1.807, 2.05) is 30.3 Å². The SMILES string of the molecule is C[C@@H](NCc1ccc(OC(F)F)c(-c2cccnc2)c1)c1ccccc1. The number of nitrogens with zero attached hydrogens (tertiary/aromatic N) is 1. The highest BCUT2D eigenvalue weighted by molar-refractivity contribution is 5.70. The average molecular weight is 354 g/mol. The Kier molecular flexibility index (Phi) is 5.92. The van der Waals surface area contributed by atoms with Crippen molar-refractivity contribution in [3.8, 4) is 16.9 Å². The highest BCUT2D eigenvalue weighted by Crippen LogP contribution is 2.32. The van der Waals surface area contributed by atoms with E-state index in [0.29, 0.717) is 12.1 Å². The molecular weight excluding hydrogens is 334 g/mol. The van der Waals surface area contributed by atoms with Gasteiger partial charge in [0.1, 0.15) is 5.75 Å². The van der Waals surface area contributed by atoms with Crippen LogP contribution in [0.5, 0.6) is 5.75 Å². The van der Waals surface area contributed by atoms with Crippen LogP contribution in [0, 0.1) is 0 Å². The Morgan fingerprint density at radius 2 is 1.85 bits per heavy atom. The monoisotopic (exact) mass is 354 g/mol. The second-order valence-electron chi connectivity index (χ2n) is 5.96. The molecule has 0 aliphatic carbocycles. The van der Waals surface area contributed by atoms with Crippen LogP contribution < -0.4 is 10.1 Å². The highest BCUT2D eigenvalue weighted by atomic mass is 19.3. The molecule has 3 nitrogen and oxygen atoms in total. The Hall–Kier alpha value is -2.79. The Bertz CT molecular complexity index is 826. The summed E-state index contributed by atoms with van der Waals surface area (Å²) in [6, 6.07) is 19.1. The van der Waals surface area contributed by atoms with Gasteiger partial charge in [-0.1, -0.05) is 42.5 Å². The summed E-state index contributed by atoms with van der Waals surface area (Å²) >= 11 is 0. The molecule has 0 saturated carbocycles. The Morgan fingerprint density at radius 3 is 2.54 bits per heavy atom. The standard InChI is InChI=1S/C21H20F2N2O/c1-15(17-6-3-2-4-7-17)25-13-16-9-10-20(26-21(22)23)19(12-16)18-8-5-11-24-14-18/h2-12,14-15,21,25H,13H2,1H3/t15-/m1/s1. The largest absolute Gasteiger partial charge is 0.434 e. The van der Waals surface area contributed by atoms with Crippen molar-refractivity contribution < 1.29 is 13.5 Å². The summed E-state index contributed by atoms with van der Waals surface area (Å²) in [6.07, 6.45) is 3.28.